The van der Waals surface area contributed by atoms with Crippen LogP contribution in [0.1, 0.15) is 36.9 Å². The average molecular weight is 377 g/mol. The maximum absolute atomic E-state index is 9.44. The van der Waals surface area contributed by atoms with Crippen molar-refractivity contribution in [1.82, 2.24) is 15.0 Å². The quantitative estimate of drug-likeness (QED) is 0.793. The van der Waals surface area contributed by atoms with Crippen molar-refractivity contribution in [3.63, 3.8) is 0 Å². The van der Waals surface area contributed by atoms with E-state index in [9.17, 15) is 5.26 Å². The zero-order valence-electron chi connectivity index (χ0n) is 16.8. The number of aromatic nitrogens is 3. The van der Waals surface area contributed by atoms with Crippen molar-refractivity contribution in [1.29, 1.82) is 5.26 Å². The van der Waals surface area contributed by atoms with Crippen LogP contribution in [0.5, 0.6) is 0 Å². The summed E-state index contributed by atoms with van der Waals surface area (Å²) in [5.41, 5.74) is 1.61. The number of rotatable bonds is 5. The van der Waals surface area contributed by atoms with Crippen molar-refractivity contribution in [2.45, 2.75) is 44.7 Å². The summed E-state index contributed by atoms with van der Waals surface area (Å²) >= 11 is 0. The van der Waals surface area contributed by atoms with Crippen LogP contribution in [0.2, 0.25) is 0 Å². The minimum absolute atomic E-state index is 0.462. The van der Waals surface area contributed by atoms with Crippen LogP contribution in [0.25, 0.3) is 0 Å². The Hall–Kier alpha value is -2.88. The number of pyridine rings is 1. The Labute approximate surface area is 166 Å². The van der Waals surface area contributed by atoms with Crippen molar-refractivity contribution >= 4 is 17.5 Å². The van der Waals surface area contributed by atoms with E-state index in [1.807, 2.05) is 38.1 Å². The summed E-state index contributed by atoms with van der Waals surface area (Å²) < 4.78 is 0. The number of nitrogens with zero attached hydrogens (tertiary/aromatic N) is 7. The predicted molar refractivity (Wildman–Crippen MR) is 111 cm³/mol. The molecule has 3 heterocycles. The number of hydrogen-bond acceptors (Lipinski definition) is 7. The molecule has 2 fully saturated rings. The van der Waals surface area contributed by atoms with E-state index in [1.54, 1.807) is 6.33 Å². The molecule has 0 unspecified atom stereocenters. The molecule has 28 heavy (non-hydrogen) atoms. The Balaban J connectivity index is 1.51. The van der Waals surface area contributed by atoms with Crippen LogP contribution in [-0.4, -0.2) is 54.2 Å². The molecule has 1 saturated carbocycles. The lowest BCUT2D eigenvalue weighted by molar-refractivity contribution is 0.457. The van der Waals surface area contributed by atoms with Gasteiger partial charge in [0.15, 0.2) is 0 Å². The summed E-state index contributed by atoms with van der Waals surface area (Å²) in [4.78, 5) is 20.4. The number of hydrogen-bond donors (Lipinski definition) is 0. The molecule has 0 N–H and O–H groups in total. The summed E-state index contributed by atoms with van der Waals surface area (Å²) in [5.74, 6) is 2.80. The van der Waals surface area contributed by atoms with Gasteiger partial charge in [-0.15, -0.1) is 0 Å². The van der Waals surface area contributed by atoms with Gasteiger partial charge in [0.25, 0.3) is 0 Å². The van der Waals surface area contributed by atoms with Gasteiger partial charge < -0.3 is 14.7 Å². The maximum Gasteiger partial charge on any atom is 0.146 e. The molecule has 2 aromatic heterocycles. The topological polar surface area (TPSA) is 72.2 Å². The first kappa shape index (κ1) is 18.5. The van der Waals surface area contributed by atoms with Crippen molar-refractivity contribution in [2.24, 2.45) is 0 Å². The molecule has 0 aromatic carbocycles. The van der Waals surface area contributed by atoms with Gasteiger partial charge in [-0.3, -0.25) is 0 Å². The number of anilines is 3. The highest BCUT2D eigenvalue weighted by Crippen LogP contribution is 2.36. The molecule has 2 aliphatic rings. The van der Waals surface area contributed by atoms with Crippen LogP contribution in [0.3, 0.4) is 0 Å². The average Bonchev–Trinajstić information content (AvgIpc) is 3.54. The zero-order chi connectivity index (χ0) is 19.7. The summed E-state index contributed by atoms with van der Waals surface area (Å²) in [5, 5.41) is 9.44. The second-order valence-corrected chi connectivity index (χ2v) is 7.92. The molecular weight excluding hydrogens is 350 g/mol. The lowest BCUT2D eigenvalue weighted by Gasteiger charge is -2.40. The Morgan fingerprint density at radius 3 is 2.36 bits per heavy atom. The molecule has 0 amide bonds. The third kappa shape index (κ3) is 3.72. The molecule has 0 spiro atoms. The molecule has 1 aliphatic carbocycles. The highest BCUT2D eigenvalue weighted by Gasteiger charge is 2.37. The zero-order valence-corrected chi connectivity index (χ0v) is 16.8. The van der Waals surface area contributed by atoms with Gasteiger partial charge in [0.1, 0.15) is 29.9 Å². The lowest BCUT2D eigenvalue weighted by atomic mass is 10.0. The van der Waals surface area contributed by atoms with Gasteiger partial charge in [-0.25, -0.2) is 15.0 Å². The molecule has 1 saturated heterocycles. The molecule has 4 rings (SSSR count). The fraction of sp³-hybridized carbons (Fsp3) is 0.524. The SMILES string of the molecule is Cc1ccc(C#N)c(N2CCC(N(c3cc(N(C)C)ncn3)C3CC3)CC2)n1. The third-order valence-corrected chi connectivity index (χ3v) is 5.59. The summed E-state index contributed by atoms with van der Waals surface area (Å²) in [6.45, 7) is 3.79. The summed E-state index contributed by atoms with van der Waals surface area (Å²) in [7, 11) is 4.02. The molecule has 1 aliphatic heterocycles. The summed E-state index contributed by atoms with van der Waals surface area (Å²) in [6, 6.07) is 9.22. The molecule has 7 nitrogen and oxygen atoms in total. The Bertz CT molecular complexity index is 877. The van der Waals surface area contributed by atoms with Crippen molar-refractivity contribution in [3.8, 4) is 6.07 Å². The van der Waals surface area contributed by atoms with E-state index >= 15 is 0 Å². The van der Waals surface area contributed by atoms with Gasteiger partial charge >= 0.3 is 0 Å². The summed E-state index contributed by atoms with van der Waals surface area (Å²) in [6.07, 6.45) is 6.22. The monoisotopic (exact) mass is 377 g/mol. The van der Waals surface area contributed by atoms with Gasteiger partial charge in [0.05, 0.1) is 5.56 Å². The van der Waals surface area contributed by atoms with Crippen LogP contribution < -0.4 is 14.7 Å². The van der Waals surface area contributed by atoms with Gasteiger partial charge in [-0.2, -0.15) is 5.26 Å². The fourth-order valence-corrected chi connectivity index (χ4v) is 3.98. The van der Waals surface area contributed by atoms with Gasteiger partial charge in [-0.1, -0.05) is 0 Å². The Morgan fingerprint density at radius 2 is 1.71 bits per heavy atom. The molecular formula is C21H27N7. The van der Waals surface area contributed by atoms with Crippen LogP contribution in [0.15, 0.2) is 24.5 Å². The largest absolute Gasteiger partial charge is 0.363 e. The maximum atomic E-state index is 9.44. The van der Waals surface area contributed by atoms with Crippen LogP contribution in [0, 0.1) is 18.3 Å². The fourth-order valence-electron chi connectivity index (χ4n) is 3.98. The second kappa shape index (κ2) is 7.63. The van der Waals surface area contributed by atoms with Crippen molar-refractivity contribution in [2.75, 3.05) is 41.9 Å². The molecule has 7 heteroatoms. The minimum Gasteiger partial charge on any atom is -0.363 e. The molecule has 2 aromatic rings. The van der Waals surface area contributed by atoms with E-state index in [4.69, 9.17) is 0 Å². The predicted octanol–water partition coefficient (Wildman–Crippen LogP) is 2.76. The first-order valence-corrected chi connectivity index (χ1v) is 9.97. The highest BCUT2D eigenvalue weighted by atomic mass is 15.3. The van der Waals surface area contributed by atoms with E-state index in [2.05, 4.69) is 36.9 Å². The lowest BCUT2D eigenvalue weighted by Crippen LogP contribution is -2.47. The Kier molecular flexibility index (Phi) is 5.03. The first-order valence-electron chi connectivity index (χ1n) is 9.97. The standard InChI is InChI=1S/C21H27N7/c1-15-4-5-16(13-22)21(25-15)27-10-8-18(9-11-27)28(17-6-7-17)20-12-19(26(2)3)23-14-24-20/h4-5,12,14,17-18H,6-11H2,1-3H3. The molecule has 0 bridgehead atoms. The van der Waals surface area contributed by atoms with Gasteiger partial charge in [-0.05, 0) is 44.7 Å². The van der Waals surface area contributed by atoms with E-state index in [0.29, 0.717) is 17.6 Å². The van der Waals surface area contributed by atoms with Crippen molar-refractivity contribution < 1.29 is 0 Å². The molecule has 0 atom stereocenters. The smallest absolute Gasteiger partial charge is 0.146 e. The number of nitriles is 1. The highest BCUT2D eigenvalue weighted by molar-refractivity contribution is 5.55. The van der Waals surface area contributed by atoms with E-state index < -0.39 is 0 Å². The minimum atomic E-state index is 0.462. The van der Waals surface area contributed by atoms with Crippen LogP contribution in [-0.2, 0) is 0 Å². The van der Waals surface area contributed by atoms with Crippen LogP contribution >= 0.6 is 0 Å². The Morgan fingerprint density at radius 1 is 1.04 bits per heavy atom. The normalized spacial score (nSPS) is 17.3. The van der Waals surface area contributed by atoms with Crippen molar-refractivity contribution in [3.05, 3.63) is 35.8 Å². The van der Waals surface area contributed by atoms with Crippen LogP contribution in [0.4, 0.5) is 17.5 Å². The van der Waals surface area contributed by atoms with E-state index in [1.165, 1.54) is 12.8 Å². The second-order valence-electron chi connectivity index (χ2n) is 7.92. The molecule has 146 valence electrons. The van der Waals surface area contributed by atoms with Gasteiger partial charge in [0, 0.05) is 51.0 Å². The molecule has 0 radical (unpaired) electrons. The van der Waals surface area contributed by atoms with E-state index in [-0.39, 0.29) is 0 Å². The van der Waals surface area contributed by atoms with E-state index in [0.717, 1.165) is 49.1 Å². The number of aryl methyl sites for hydroxylation is 1. The number of piperidine rings is 1. The third-order valence-electron chi connectivity index (χ3n) is 5.59. The van der Waals surface area contributed by atoms with Gasteiger partial charge in [0.2, 0.25) is 0 Å². The first-order chi connectivity index (χ1) is 13.6.